The fourth-order valence-electron chi connectivity index (χ4n) is 1.69. The third-order valence-corrected chi connectivity index (χ3v) is 2.42. The number of hydrogen-bond acceptors (Lipinski definition) is 2. The van der Waals surface area contributed by atoms with Gasteiger partial charge in [-0.3, -0.25) is 4.79 Å². The van der Waals surface area contributed by atoms with E-state index in [2.05, 4.69) is 24.1 Å². The third kappa shape index (κ3) is 3.19. The van der Waals surface area contributed by atoms with Gasteiger partial charge in [-0.25, -0.2) is 0 Å². The minimum Gasteiger partial charge on any atom is -0.352 e. The van der Waals surface area contributed by atoms with E-state index in [-0.39, 0.29) is 11.8 Å². The molecule has 3 heteroatoms. The largest absolute Gasteiger partial charge is 0.352 e. The van der Waals surface area contributed by atoms with E-state index in [0.717, 1.165) is 19.4 Å². The molecule has 1 saturated heterocycles. The van der Waals surface area contributed by atoms with Gasteiger partial charge >= 0.3 is 0 Å². The maximum Gasteiger partial charge on any atom is 0.223 e. The Bertz CT molecular complexity index is 191. The molecule has 0 aromatic carbocycles. The van der Waals surface area contributed by atoms with Gasteiger partial charge in [0, 0.05) is 18.5 Å². The Balaban J connectivity index is 2.32. The predicted octanol–water partition coefficient (Wildman–Crippen LogP) is 0.677. The molecule has 2 N–H and O–H groups in total. The van der Waals surface area contributed by atoms with Crippen LogP contribution in [0.25, 0.3) is 0 Å². The zero-order chi connectivity index (χ0) is 9.68. The number of carbonyl (C=O) groups is 1. The molecule has 1 heterocycles. The summed E-state index contributed by atoms with van der Waals surface area (Å²) in [6.45, 7) is 7.22. The first-order valence-corrected chi connectivity index (χ1v) is 4.86. The highest BCUT2D eigenvalue weighted by Gasteiger charge is 2.23. The molecular formula is C10H18N2O. The topological polar surface area (TPSA) is 41.1 Å². The van der Waals surface area contributed by atoms with Gasteiger partial charge in [0.2, 0.25) is 5.91 Å². The highest BCUT2D eigenvalue weighted by Crippen LogP contribution is 2.15. The Kier molecular flexibility index (Phi) is 3.96. The van der Waals surface area contributed by atoms with Crippen LogP contribution < -0.4 is 10.6 Å². The van der Waals surface area contributed by atoms with Gasteiger partial charge in [-0.2, -0.15) is 0 Å². The third-order valence-electron chi connectivity index (χ3n) is 2.42. The second-order valence-corrected chi connectivity index (χ2v) is 3.61. The Morgan fingerprint density at radius 3 is 3.15 bits per heavy atom. The Morgan fingerprint density at radius 1 is 1.77 bits per heavy atom. The molecule has 2 unspecified atom stereocenters. The van der Waals surface area contributed by atoms with Gasteiger partial charge < -0.3 is 10.6 Å². The maximum absolute atomic E-state index is 11.5. The molecule has 0 saturated carbocycles. The van der Waals surface area contributed by atoms with Crippen molar-refractivity contribution >= 4 is 5.91 Å². The molecule has 13 heavy (non-hydrogen) atoms. The molecular weight excluding hydrogens is 164 g/mol. The fraction of sp³-hybridized carbons (Fsp3) is 0.700. The highest BCUT2D eigenvalue weighted by molar-refractivity contribution is 5.78. The summed E-state index contributed by atoms with van der Waals surface area (Å²) in [7, 11) is 0. The molecule has 0 aromatic heterocycles. The quantitative estimate of drug-likeness (QED) is 0.630. The number of rotatable bonds is 3. The maximum atomic E-state index is 11.5. The lowest BCUT2D eigenvalue weighted by Crippen LogP contribution is -2.42. The summed E-state index contributed by atoms with van der Waals surface area (Å²) in [5.74, 6) is 0.365. The number of piperidine rings is 1. The van der Waals surface area contributed by atoms with Crippen molar-refractivity contribution in [3.63, 3.8) is 0 Å². The van der Waals surface area contributed by atoms with Crippen molar-refractivity contribution in [2.24, 2.45) is 5.92 Å². The Morgan fingerprint density at radius 2 is 2.54 bits per heavy atom. The van der Waals surface area contributed by atoms with Gasteiger partial charge in [0.05, 0.1) is 0 Å². The van der Waals surface area contributed by atoms with Crippen LogP contribution >= 0.6 is 0 Å². The Labute approximate surface area is 79.6 Å². The monoisotopic (exact) mass is 182 g/mol. The number of hydrogen-bond donors (Lipinski definition) is 2. The van der Waals surface area contributed by atoms with Crippen LogP contribution in [-0.4, -0.2) is 25.0 Å². The minimum absolute atomic E-state index is 0.174. The second-order valence-electron chi connectivity index (χ2n) is 3.61. The lowest BCUT2D eigenvalue weighted by Gasteiger charge is -2.26. The van der Waals surface area contributed by atoms with Gasteiger partial charge in [-0.1, -0.05) is 6.08 Å². The van der Waals surface area contributed by atoms with Crippen LogP contribution in [0.2, 0.25) is 0 Å². The number of nitrogens with one attached hydrogen (secondary N) is 2. The van der Waals surface area contributed by atoms with Gasteiger partial charge in [0.1, 0.15) is 0 Å². The number of amides is 1. The molecule has 74 valence electrons. The van der Waals surface area contributed by atoms with E-state index < -0.39 is 0 Å². The van der Waals surface area contributed by atoms with E-state index in [0.29, 0.717) is 12.6 Å². The molecule has 0 radical (unpaired) electrons. The van der Waals surface area contributed by atoms with E-state index in [4.69, 9.17) is 0 Å². The first-order chi connectivity index (χ1) is 6.24. The normalized spacial score (nSPS) is 28.1. The van der Waals surface area contributed by atoms with E-state index in [1.54, 1.807) is 6.08 Å². The SMILES string of the molecule is C=CCNC(=O)C1CCNC(C)C1. The van der Waals surface area contributed by atoms with E-state index in [9.17, 15) is 4.79 Å². The minimum atomic E-state index is 0.174. The molecule has 0 spiro atoms. The summed E-state index contributed by atoms with van der Waals surface area (Å²) >= 11 is 0. The first kappa shape index (κ1) is 10.3. The van der Waals surface area contributed by atoms with E-state index >= 15 is 0 Å². The van der Waals surface area contributed by atoms with Crippen LogP contribution in [0.1, 0.15) is 19.8 Å². The lowest BCUT2D eigenvalue weighted by molar-refractivity contribution is -0.125. The van der Waals surface area contributed by atoms with E-state index in [1.165, 1.54) is 0 Å². The summed E-state index contributed by atoms with van der Waals surface area (Å²) in [5, 5.41) is 6.16. The van der Waals surface area contributed by atoms with Crippen LogP contribution in [0.5, 0.6) is 0 Å². The molecule has 1 amide bonds. The average Bonchev–Trinajstić information content (AvgIpc) is 2.14. The molecule has 3 nitrogen and oxygen atoms in total. The molecule has 2 atom stereocenters. The number of carbonyl (C=O) groups excluding carboxylic acids is 1. The van der Waals surface area contributed by atoms with Crippen molar-refractivity contribution in [2.45, 2.75) is 25.8 Å². The van der Waals surface area contributed by atoms with Crippen LogP contribution in [0, 0.1) is 5.92 Å². The molecule has 0 aliphatic carbocycles. The lowest BCUT2D eigenvalue weighted by atomic mass is 9.92. The predicted molar refractivity (Wildman–Crippen MR) is 53.4 cm³/mol. The van der Waals surface area contributed by atoms with Crippen molar-refractivity contribution in [3.05, 3.63) is 12.7 Å². The fourth-order valence-corrected chi connectivity index (χ4v) is 1.69. The van der Waals surface area contributed by atoms with Crippen LogP contribution in [0.15, 0.2) is 12.7 Å². The highest BCUT2D eigenvalue weighted by atomic mass is 16.1. The summed E-state index contributed by atoms with van der Waals surface area (Å²) < 4.78 is 0. The molecule has 0 aromatic rings. The van der Waals surface area contributed by atoms with Gasteiger partial charge in [0.25, 0.3) is 0 Å². The first-order valence-electron chi connectivity index (χ1n) is 4.86. The second kappa shape index (κ2) is 5.02. The van der Waals surface area contributed by atoms with Crippen LogP contribution in [0.4, 0.5) is 0 Å². The van der Waals surface area contributed by atoms with E-state index in [1.807, 2.05) is 0 Å². The molecule has 1 rings (SSSR count). The summed E-state index contributed by atoms with van der Waals surface area (Å²) in [6, 6.07) is 0.466. The zero-order valence-electron chi connectivity index (χ0n) is 8.18. The van der Waals surface area contributed by atoms with Crippen molar-refractivity contribution in [3.8, 4) is 0 Å². The average molecular weight is 182 g/mol. The molecule has 0 bridgehead atoms. The summed E-state index contributed by atoms with van der Waals surface area (Å²) in [5.41, 5.74) is 0. The van der Waals surface area contributed by atoms with Crippen LogP contribution in [0.3, 0.4) is 0 Å². The summed E-state index contributed by atoms with van der Waals surface area (Å²) in [6.07, 6.45) is 3.61. The molecule has 1 aliphatic rings. The standard InChI is InChI=1S/C10H18N2O/c1-3-5-12-10(13)9-4-6-11-8(2)7-9/h3,8-9,11H,1,4-7H2,2H3,(H,12,13). The van der Waals surface area contributed by atoms with Gasteiger partial charge in [-0.05, 0) is 26.3 Å². The van der Waals surface area contributed by atoms with Crippen molar-refractivity contribution in [2.75, 3.05) is 13.1 Å². The molecule has 1 aliphatic heterocycles. The van der Waals surface area contributed by atoms with Crippen molar-refractivity contribution in [1.29, 1.82) is 0 Å². The van der Waals surface area contributed by atoms with Gasteiger partial charge in [0.15, 0.2) is 0 Å². The zero-order valence-corrected chi connectivity index (χ0v) is 8.18. The Hall–Kier alpha value is -0.830. The molecule has 1 fully saturated rings. The van der Waals surface area contributed by atoms with Gasteiger partial charge in [-0.15, -0.1) is 6.58 Å². The van der Waals surface area contributed by atoms with Crippen molar-refractivity contribution < 1.29 is 4.79 Å². The van der Waals surface area contributed by atoms with Crippen molar-refractivity contribution in [1.82, 2.24) is 10.6 Å². The van der Waals surface area contributed by atoms with Crippen LogP contribution in [-0.2, 0) is 4.79 Å². The summed E-state index contributed by atoms with van der Waals surface area (Å²) in [4.78, 5) is 11.5. The smallest absolute Gasteiger partial charge is 0.223 e.